The number of aromatic nitrogens is 1. The first-order valence-corrected chi connectivity index (χ1v) is 9.22. The normalized spacial score (nSPS) is 21.8. The number of hydrogen-bond acceptors (Lipinski definition) is 4. The summed E-state index contributed by atoms with van der Waals surface area (Å²) in [5.41, 5.74) is 0. The van der Waals surface area contributed by atoms with E-state index in [0.717, 1.165) is 36.1 Å². The molecule has 7 heteroatoms. The van der Waals surface area contributed by atoms with Gasteiger partial charge in [-0.1, -0.05) is 0 Å². The summed E-state index contributed by atoms with van der Waals surface area (Å²) >= 11 is 3.37. The molecule has 0 bridgehead atoms. The van der Waals surface area contributed by atoms with Gasteiger partial charge in [0.2, 0.25) is 10.0 Å². The lowest BCUT2D eigenvalue weighted by Crippen LogP contribution is -2.37. The van der Waals surface area contributed by atoms with Crippen molar-refractivity contribution in [1.29, 1.82) is 0 Å². The summed E-state index contributed by atoms with van der Waals surface area (Å²) < 4.78 is 27.2. The zero-order valence-corrected chi connectivity index (χ0v) is 13.6. The number of nitrogens with zero attached hydrogens (tertiary/aromatic N) is 3. The van der Waals surface area contributed by atoms with Crippen LogP contribution < -0.4 is 4.90 Å². The predicted octanol–water partition coefficient (Wildman–Crippen LogP) is 1.85. The Hall–Kier alpha value is -0.660. The van der Waals surface area contributed by atoms with Gasteiger partial charge in [-0.15, -0.1) is 0 Å². The van der Waals surface area contributed by atoms with E-state index in [1.165, 1.54) is 0 Å². The maximum atomic E-state index is 12.3. The van der Waals surface area contributed by atoms with Crippen LogP contribution in [0.3, 0.4) is 0 Å². The van der Waals surface area contributed by atoms with Crippen molar-refractivity contribution in [2.75, 3.05) is 31.1 Å². The van der Waals surface area contributed by atoms with Crippen molar-refractivity contribution in [2.24, 2.45) is 0 Å². The molecule has 1 saturated heterocycles. The molecule has 0 atom stereocenters. The van der Waals surface area contributed by atoms with Gasteiger partial charge in [-0.25, -0.2) is 13.4 Å². The van der Waals surface area contributed by atoms with E-state index in [9.17, 15) is 8.42 Å². The van der Waals surface area contributed by atoms with Gasteiger partial charge in [0, 0.05) is 36.8 Å². The van der Waals surface area contributed by atoms with Crippen molar-refractivity contribution in [2.45, 2.75) is 24.5 Å². The van der Waals surface area contributed by atoms with Crippen molar-refractivity contribution in [1.82, 2.24) is 9.29 Å². The molecule has 2 aliphatic rings. The first-order valence-electron chi connectivity index (χ1n) is 6.93. The van der Waals surface area contributed by atoms with Gasteiger partial charge < -0.3 is 4.90 Å². The van der Waals surface area contributed by atoms with E-state index in [1.807, 2.05) is 12.1 Å². The summed E-state index contributed by atoms with van der Waals surface area (Å²) in [7, 11) is -3.05. The highest BCUT2D eigenvalue weighted by Crippen LogP contribution is 2.31. The van der Waals surface area contributed by atoms with Crippen molar-refractivity contribution >= 4 is 31.8 Å². The van der Waals surface area contributed by atoms with E-state index in [2.05, 4.69) is 25.8 Å². The van der Waals surface area contributed by atoms with Crippen LogP contribution in [0.5, 0.6) is 0 Å². The molecule has 1 aromatic rings. The quantitative estimate of drug-likeness (QED) is 0.826. The molecular formula is C13H18BrN3O2S. The third kappa shape index (κ3) is 2.99. The third-order valence-electron chi connectivity index (χ3n) is 3.80. The second-order valence-electron chi connectivity index (χ2n) is 5.32. The molecule has 20 heavy (non-hydrogen) atoms. The molecule has 0 spiro atoms. The number of halogens is 1. The average Bonchev–Trinajstić information content (AvgIpc) is 3.26. The lowest BCUT2D eigenvalue weighted by Gasteiger charge is -2.22. The van der Waals surface area contributed by atoms with Gasteiger partial charge in [0.15, 0.2) is 0 Å². The fraction of sp³-hybridized carbons (Fsp3) is 0.615. The molecule has 5 nitrogen and oxygen atoms in total. The second kappa shape index (κ2) is 5.61. The lowest BCUT2D eigenvalue weighted by molar-refractivity contribution is 0.432. The Morgan fingerprint density at radius 3 is 2.60 bits per heavy atom. The minimum absolute atomic E-state index is 0.111. The largest absolute Gasteiger partial charge is 0.355 e. The lowest BCUT2D eigenvalue weighted by atomic mass is 10.3. The highest BCUT2D eigenvalue weighted by molar-refractivity contribution is 9.10. The van der Waals surface area contributed by atoms with Gasteiger partial charge in [-0.2, -0.15) is 4.31 Å². The van der Waals surface area contributed by atoms with E-state index < -0.39 is 10.0 Å². The number of anilines is 1. The molecule has 2 fully saturated rings. The topological polar surface area (TPSA) is 53.5 Å². The molecule has 0 aromatic carbocycles. The summed E-state index contributed by atoms with van der Waals surface area (Å²) in [5.74, 6) is 0.916. The Labute approximate surface area is 128 Å². The highest BCUT2D eigenvalue weighted by atomic mass is 79.9. The van der Waals surface area contributed by atoms with Gasteiger partial charge in [-0.05, 0) is 47.3 Å². The monoisotopic (exact) mass is 359 g/mol. The summed E-state index contributed by atoms with van der Waals surface area (Å²) in [5, 5.41) is -0.111. The van der Waals surface area contributed by atoms with Crippen LogP contribution in [0.25, 0.3) is 0 Å². The zero-order valence-electron chi connectivity index (χ0n) is 11.2. The van der Waals surface area contributed by atoms with Crippen LogP contribution >= 0.6 is 15.9 Å². The maximum absolute atomic E-state index is 12.3. The summed E-state index contributed by atoms with van der Waals surface area (Å²) in [6.45, 7) is 2.76. The highest BCUT2D eigenvalue weighted by Gasteiger charge is 2.40. The molecule has 1 aliphatic carbocycles. The van der Waals surface area contributed by atoms with E-state index in [0.29, 0.717) is 19.6 Å². The van der Waals surface area contributed by atoms with Gasteiger partial charge in [-0.3, -0.25) is 0 Å². The van der Waals surface area contributed by atoms with Crippen molar-refractivity contribution in [3.63, 3.8) is 0 Å². The van der Waals surface area contributed by atoms with Crippen molar-refractivity contribution in [3.05, 3.63) is 22.8 Å². The van der Waals surface area contributed by atoms with Crippen LogP contribution in [0.4, 0.5) is 5.82 Å². The molecule has 1 aromatic heterocycles. The predicted molar refractivity (Wildman–Crippen MR) is 82.3 cm³/mol. The third-order valence-corrected chi connectivity index (χ3v) is 6.66. The van der Waals surface area contributed by atoms with Crippen LogP contribution in [0.1, 0.15) is 19.3 Å². The standard InChI is InChI=1S/C13H18BrN3O2S/c14-11-2-5-13(15-10-11)16-6-1-7-17(9-8-16)20(18,19)12-3-4-12/h2,5,10,12H,1,3-4,6-9H2. The van der Waals surface area contributed by atoms with E-state index in [1.54, 1.807) is 10.5 Å². The maximum Gasteiger partial charge on any atom is 0.217 e. The molecule has 1 saturated carbocycles. The molecule has 0 radical (unpaired) electrons. The number of sulfonamides is 1. The Balaban J connectivity index is 1.69. The Morgan fingerprint density at radius 1 is 1.15 bits per heavy atom. The number of pyridine rings is 1. The van der Waals surface area contributed by atoms with Gasteiger partial charge >= 0.3 is 0 Å². The van der Waals surface area contributed by atoms with Gasteiger partial charge in [0.05, 0.1) is 5.25 Å². The molecule has 2 heterocycles. The fourth-order valence-electron chi connectivity index (χ4n) is 2.51. The molecular weight excluding hydrogens is 342 g/mol. The molecule has 0 unspecified atom stereocenters. The summed E-state index contributed by atoms with van der Waals surface area (Å²) in [4.78, 5) is 6.55. The Bertz CT molecular complexity index is 572. The smallest absolute Gasteiger partial charge is 0.217 e. The number of rotatable bonds is 3. The van der Waals surface area contributed by atoms with Gasteiger partial charge in [0.1, 0.15) is 5.82 Å². The van der Waals surface area contributed by atoms with E-state index in [-0.39, 0.29) is 5.25 Å². The minimum Gasteiger partial charge on any atom is -0.355 e. The van der Waals surface area contributed by atoms with Gasteiger partial charge in [0.25, 0.3) is 0 Å². The average molecular weight is 360 g/mol. The van der Waals surface area contributed by atoms with Crippen LogP contribution in [-0.4, -0.2) is 49.1 Å². The first-order chi connectivity index (χ1) is 9.57. The SMILES string of the molecule is O=S(=O)(C1CC1)N1CCCN(c2ccc(Br)cn2)CC1. The minimum atomic E-state index is -3.05. The Morgan fingerprint density at radius 2 is 1.95 bits per heavy atom. The van der Waals surface area contributed by atoms with Crippen LogP contribution in [0, 0.1) is 0 Å². The fourth-order valence-corrected chi connectivity index (χ4v) is 4.62. The van der Waals surface area contributed by atoms with E-state index >= 15 is 0 Å². The van der Waals surface area contributed by atoms with Crippen molar-refractivity contribution < 1.29 is 8.42 Å². The Kier molecular flexibility index (Phi) is 4.01. The molecule has 1 aliphatic heterocycles. The van der Waals surface area contributed by atoms with E-state index in [4.69, 9.17) is 0 Å². The second-order valence-corrected chi connectivity index (χ2v) is 8.45. The first kappa shape index (κ1) is 14.3. The molecule has 110 valence electrons. The number of hydrogen-bond donors (Lipinski definition) is 0. The van der Waals surface area contributed by atoms with Crippen molar-refractivity contribution in [3.8, 4) is 0 Å². The molecule has 3 rings (SSSR count). The molecule has 0 amide bonds. The van der Waals surface area contributed by atoms with Crippen LogP contribution in [0.2, 0.25) is 0 Å². The zero-order chi connectivity index (χ0) is 14.2. The van der Waals surface area contributed by atoms with Crippen LogP contribution in [0.15, 0.2) is 22.8 Å². The molecule has 0 N–H and O–H groups in total. The summed E-state index contributed by atoms with van der Waals surface area (Å²) in [6, 6.07) is 3.93. The summed E-state index contributed by atoms with van der Waals surface area (Å²) in [6.07, 6.45) is 4.29. The van der Waals surface area contributed by atoms with Crippen LogP contribution in [-0.2, 0) is 10.0 Å².